The predicted octanol–water partition coefficient (Wildman–Crippen LogP) is 2.79. The van der Waals surface area contributed by atoms with E-state index in [4.69, 9.17) is 5.11 Å². The van der Waals surface area contributed by atoms with Gasteiger partial charge < -0.3 is 10.4 Å². The fourth-order valence-electron chi connectivity index (χ4n) is 4.03. The second-order valence-electron chi connectivity index (χ2n) is 8.18. The van der Waals surface area contributed by atoms with E-state index in [1.54, 1.807) is 24.3 Å². The van der Waals surface area contributed by atoms with Crippen molar-refractivity contribution in [3.63, 3.8) is 0 Å². The van der Waals surface area contributed by atoms with Crippen LogP contribution in [0.4, 0.5) is 0 Å². The van der Waals surface area contributed by atoms with Crippen molar-refractivity contribution in [3.05, 3.63) is 53.6 Å². The Morgan fingerprint density at radius 3 is 2.45 bits per heavy atom. The molecule has 3 aromatic rings. The zero-order valence-electron chi connectivity index (χ0n) is 17.7. The van der Waals surface area contributed by atoms with E-state index >= 15 is 0 Å². The summed E-state index contributed by atoms with van der Waals surface area (Å²) in [6.45, 7) is 0.663. The number of carboxylic acids is 1. The molecule has 1 aliphatic carbocycles. The molecule has 0 radical (unpaired) electrons. The number of hydrogen-bond donors (Lipinski definition) is 3. The molecule has 33 heavy (non-hydrogen) atoms. The molecule has 1 saturated carbocycles. The summed E-state index contributed by atoms with van der Waals surface area (Å²) in [6, 6.07) is 11.3. The van der Waals surface area contributed by atoms with Crippen LogP contribution in [0.25, 0.3) is 11.0 Å². The predicted molar refractivity (Wildman–Crippen MR) is 123 cm³/mol. The second-order valence-corrected chi connectivity index (χ2v) is 10.4. The van der Waals surface area contributed by atoms with Gasteiger partial charge in [-0.3, -0.25) is 4.79 Å². The number of hydrogen-bond acceptors (Lipinski definition) is 7. The smallest absolute Gasteiger partial charge is 0.335 e. The third-order valence-electron chi connectivity index (χ3n) is 5.99. The maximum atomic E-state index is 12.8. The average molecular weight is 489 g/mol. The number of aromatic nitrogens is 2. The van der Waals surface area contributed by atoms with E-state index in [0.717, 1.165) is 30.1 Å². The zero-order chi connectivity index (χ0) is 23.4. The lowest BCUT2D eigenvalue weighted by atomic mass is 9.81. The van der Waals surface area contributed by atoms with Crippen LogP contribution in [0.15, 0.2) is 47.4 Å². The quantitative estimate of drug-likeness (QED) is 0.443. The number of rotatable bonds is 8. The van der Waals surface area contributed by atoms with Gasteiger partial charge in [-0.1, -0.05) is 18.2 Å². The van der Waals surface area contributed by atoms with Crippen LogP contribution >= 0.6 is 11.7 Å². The molecule has 9 nitrogen and oxygen atoms in total. The Balaban J connectivity index is 1.24. The lowest BCUT2D eigenvalue weighted by Crippen LogP contribution is -2.36. The van der Waals surface area contributed by atoms with Crippen molar-refractivity contribution in [1.29, 1.82) is 0 Å². The fourth-order valence-corrected chi connectivity index (χ4v) is 5.91. The van der Waals surface area contributed by atoms with E-state index < -0.39 is 16.0 Å². The van der Waals surface area contributed by atoms with Crippen molar-refractivity contribution in [2.24, 2.45) is 11.8 Å². The van der Waals surface area contributed by atoms with Gasteiger partial charge in [-0.2, -0.15) is 8.75 Å². The Bertz CT molecular complexity index is 1250. The van der Waals surface area contributed by atoms with Crippen LogP contribution in [0.1, 0.15) is 41.6 Å². The SMILES string of the molecule is O=C(O)c1ccc(CNC(=O)C2CCC(CNS(=O)(=O)c3cccc4nsnc34)CC2)cc1. The van der Waals surface area contributed by atoms with E-state index in [9.17, 15) is 18.0 Å². The number of aromatic carboxylic acids is 1. The molecule has 4 rings (SSSR count). The van der Waals surface area contributed by atoms with Crippen LogP contribution in [0.2, 0.25) is 0 Å². The average Bonchev–Trinajstić information content (AvgIpc) is 3.31. The number of carboxylic acid groups (broad SMARTS) is 1. The summed E-state index contributed by atoms with van der Waals surface area (Å²) in [4.78, 5) is 23.6. The van der Waals surface area contributed by atoms with Crippen molar-refractivity contribution in [2.75, 3.05) is 6.54 Å². The number of benzene rings is 2. The molecule has 0 saturated heterocycles. The largest absolute Gasteiger partial charge is 0.478 e. The molecule has 3 N–H and O–H groups in total. The van der Waals surface area contributed by atoms with Crippen LogP contribution in [-0.2, 0) is 21.4 Å². The summed E-state index contributed by atoms with van der Waals surface area (Å²) in [7, 11) is -3.70. The van der Waals surface area contributed by atoms with Gasteiger partial charge in [0.05, 0.1) is 17.3 Å². The van der Waals surface area contributed by atoms with Gasteiger partial charge in [0.1, 0.15) is 15.9 Å². The molecule has 0 aliphatic heterocycles. The Morgan fingerprint density at radius 1 is 1.03 bits per heavy atom. The number of nitrogens with one attached hydrogen (secondary N) is 2. The van der Waals surface area contributed by atoms with Gasteiger partial charge in [0.2, 0.25) is 15.9 Å². The maximum absolute atomic E-state index is 12.8. The number of sulfonamides is 1. The van der Waals surface area contributed by atoms with Crippen molar-refractivity contribution < 1.29 is 23.1 Å². The van der Waals surface area contributed by atoms with Gasteiger partial charge in [-0.25, -0.2) is 17.9 Å². The van der Waals surface area contributed by atoms with Crippen molar-refractivity contribution in [1.82, 2.24) is 18.8 Å². The first-order chi connectivity index (χ1) is 15.8. The monoisotopic (exact) mass is 488 g/mol. The standard InChI is InChI=1S/C22H24N4O5S2/c27-21(23-12-14-6-10-17(11-7-14)22(28)29)16-8-4-15(5-9-16)13-24-33(30,31)19-3-1-2-18-20(19)26-32-25-18/h1-3,6-7,10-11,15-16,24H,4-5,8-9,12-13H2,(H,23,27)(H,28,29). The molecule has 1 amide bonds. The highest BCUT2D eigenvalue weighted by Crippen LogP contribution is 2.29. The summed E-state index contributed by atoms with van der Waals surface area (Å²) >= 11 is 0.983. The number of carbonyl (C=O) groups is 2. The highest BCUT2D eigenvalue weighted by atomic mass is 32.2. The second kappa shape index (κ2) is 9.94. The number of carbonyl (C=O) groups excluding carboxylic acids is 1. The van der Waals surface area contributed by atoms with Gasteiger partial charge in [-0.05, 0) is 61.4 Å². The Hall–Kier alpha value is -2.89. The topological polar surface area (TPSA) is 138 Å². The van der Waals surface area contributed by atoms with E-state index in [1.165, 1.54) is 18.2 Å². The highest BCUT2D eigenvalue weighted by Gasteiger charge is 2.28. The molecule has 1 fully saturated rings. The molecule has 11 heteroatoms. The van der Waals surface area contributed by atoms with E-state index in [-0.39, 0.29) is 28.2 Å². The van der Waals surface area contributed by atoms with Crippen LogP contribution < -0.4 is 10.0 Å². The van der Waals surface area contributed by atoms with Gasteiger partial charge in [0.25, 0.3) is 0 Å². The number of fused-ring (bicyclic) bond motifs is 1. The highest BCUT2D eigenvalue weighted by molar-refractivity contribution is 7.89. The third-order valence-corrected chi connectivity index (χ3v) is 7.98. The molecule has 1 aliphatic rings. The summed E-state index contributed by atoms with van der Waals surface area (Å²) < 4.78 is 36.4. The first-order valence-corrected chi connectivity index (χ1v) is 12.9. The summed E-state index contributed by atoms with van der Waals surface area (Å²) in [5.41, 5.74) is 1.99. The fraction of sp³-hybridized carbons (Fsp3) is 0.364. The van der Waals surface area contributed by atoms with Gasteiger partial charge in [-0.15, -0.1) is 0 Å². The van der Waals surface area contributed by atoms with Gasteiger partial charge in [0.15, 0.2) is 0 Å². The third kappa shape index (κ3) is 5.55. The van der Waals surface area contributed by atoms with Crippen molar-refractivity contribution in [2.45, 2.75) is 37.1 Å². The van der Waals surface area contributed by atoms with Crippen LogP contribution in [0.3, 0.4) is 0 Å². The lowest BCUT2D eigenvalue weighted by Gasteiger charge is -2.28. The van der Waals surface area contributed by atoms with Crippen LogP contribution in [-0.4, -0.2) is 40.7 Å². The normalized spacial score (nSPS) is 18.8. The molecule has 1 aromatic heterocycles. The summed E-state index contributed by atoms with van der Waals surface area (Å²) in [5, 5.41) is 11.9. The summed E-state index contributed by atoms with van der Waals surface area (Å²) in [5.74, 6) is -0.952. The molecule has 0 spiro atoms. The maximum Gasteiger partial charge on any atom is 0.335 e. The zero-order valence-corrected chi connectivity index (χ0v) is 19.4. The minimum Gasteiger partial charge on any atom is -0.478 e. The lowest BCUT2D eigenvalue weighted by molar-refractivity contribution is -0.126. The molecular weight excluding hydrogens is 464 g/mol. The first kappa shape index (κ1) is 23.3. The van der Waals surface area contributed by atoms with Crippen LogP contribution in [0, 0.1) is 11.8 Å². The Labute approximate surface area is 195 Å². The first-order valence-electron chi connectivity index (χ1n) is 10.6. The minimum atomic E-state index is -3.70. The van der Waals surface area contributed by atoms with E-state index in [1.807, 2.05) is 0 Å². The van der Waals surface area contributed by atoms with E-state index in [2.05, 4.69) is 18.8 Å². The Morgan fingerprint density at radius 2 is 1.76 bits per heavy atom. The molecule has 0 unspecified atom stereocenters. The molecule has 2 aromatic carbocycles. The molecule has 0 bridgehead atoms. The molecule has 1 heterocycles. The van der Waals surface area contributed by atoms with Gasteiger partial charge >= 0.3 is 5.97 Å². The van der Waals surface area contributed by atoms with E-state index in [0.29, 0.717) is 37.0 Å². The van der Waals surface area contributed by atoms with Crippen LogP contribution in [0.5, 0.6) is 0 Å². The number of nitrogens with zero attached hydrogens (tertiary/aromatic N) is 2. The van der Waals surface area contributed by atoms with Crippen molar-refractivity contribution >= 4 is 44.7 Å². The Kier molecular flexibility index (Phi) is 7.01. The minimum absolute atomic E-state index is 0.0287. The summed E-state index contributed by atoms with van der Waals surface area (Å²) in [6.07, 6.45) is 2.91. The number of amides is 1. The molecule has 0 atom stereocenters. The molecular formula is C22H24N4O5S2. The molecule has 174 valence electrons. The van der Waals surface area contributed by atoms with Crippen molar-refractivity contribution in [3.8, 4) is 0 Å². The van der Waals surface area contributed by atoms with Gasteiger partial charge in [0, 0.05) is 19.0 Å².